The van der Waals surface area contributed by atoms with Crippen LogP contribution in [0.3, 0.4) is 0 Å². The topological polar surface area (TPSA) is 112 Å². The van der Waals surface area contributed by atoms with E-state index in [-0.39, 0.29) is 60.5 Å². The summed E-state index contributed by atoms with van der Waals surface area (Å²) in [7, 11) is 0. The smallest absolute Gasteiger partial charge is 0.292 e. The molecule has 1 amide bonds. The molecule has 0 saturated heterocycles. The molecule has 3 aromatic heterocycles. The van der Waals surface area contributed by atoms with Crippen molar-refractivity contribution in [3.05, 3.63) is 108 Å². The van der Waals surface area contributed by atoms with Crippen LogP contribution in [-0.2, 0) is 36.6 Å². The van der Waals surface area contributed by atoms with Crippen molar-refractivity contribution in [1.82, 2.24) is 34.4 Å². The van der Waals surface area contributed by atoms with Crippen LogP contribution in [0.1, 0.15) is 60.6 Å². The maximum absolute atomic E-state index is 15.4. The minimum Gasteiger partial charge on any atom is -0.344 e. The van der Waals surface area contributed by atoms with Crippen LogP contribution in [0, 0.1) is 17.6 Å². The minimum atomic E-state index is -3.62. The fraction of sp³-hybridized carbons (Fsp3) is 0.342. The number of rotatable bonds is 13. The molecule has 1 saturated carbocycles. The molecule has 6 aromatic rings. The second kappa shape index (κ2) is 15.7. The fourth-order valence-corrected chi connectivity index (χ4v) is 8.73. The number of anilines is 1. The zero-order valence-electron chi connectivity index (χ0n) is 30.4. The van der Waals surface area contributed by atoms with Gasteiger partial charge in [0.1, 0.15) is 41.9 Å². The predicted octanol–water partition coefficient (Wildman–Crippen LogP) is 9.44. The number of nitrogens with one attached hydrogen (secondary N) is 2. The highest BCUT2D eigenvalue weighted by Crippen LogP contribution is 2.48. The first-order valence-corrected chi connectivity index (χ1v) is 20.2. The quantitative estimate of drug-likeness (QED) is 0.0878. The van der Waals surface area contributed by atoms with Crippen molar-refractivity contribution in [2.75, 3.05) is 4.72 Å². The van der Waals surface area contributed by atoms with Gasteiger partial charge in [-0.25, -0.2) is 31.3 Å². The van der Waals surface area contributed by atoms with E-state index in [1.807, 2.05) is 0 Å². The molecule has 2 unspecified atom stereocenters. The number of aromatic nitrogens is 6. The zero-order valence-corrected chi connectivity index (χ0v) is 33.6. The van der Waals surface area contributed by atoms with E-state index < -0.39 is 91.2 Å². The molecule has 2 aliphatic rings. The van der Waals surface area contributed by atoms with Gasteiger partial charge in [-0.2, -0.15) is 19.0 Å². The van der Waals surface area contributed by atoms with Crippen LogP contribution in [-0.4, -0.2) is 46.7 Å². The number of hydrogen-bond acceptors (Lipinski definition) is 7. The Hall–Kier alpha value is -4.69. The summed E-state index contributed by atoms with van der Waals surface area (Å²) in [6.07, 6.45) is -5.19. The molecule has 2 atom stereocenters. The Labute approximate surface area is 346 Å². The molecule has 0 radical (unpaired) electrons. The average Bonchev–Trinajstić information content (AvgIpc) is 3.74. The SMILES string of the molecule is CC1Cc2c(C(F)F)nn(CC(=O)NC(Cc3cc(F)cc(F)c3)c3nc4cc(Br)ccc4c(=O)n3-c3ccc(Cl)c4c(NSC5CC5)nn(CC(F)F)c34)c2C1(F)F. The maximum atomic E-state index is 15.4. The van der Waals surface area contributed by atoms with Crippen LogP contribution in [0.2, 0.25) is 5.02 Å². The average molecular weight is 930 g/mol. The monoisotopic (exact) mass is 928 g/mol. The van der Waals surface area contributed by atoms with Gasteiger partial charge in [-0.1, -0.05) is 34.5 Å². The summed E-state index contributed by atoms with van der Waals surface area (Å²) in [5.41, 5.74) is -2.93. The first-order chi connectivity index (χ1) is 28.0. The molecule has 21 heteroatoms. The molecule has 310 valence electrons. The van der Waals surface area contributed by atoms with Crippen molar-refractivity contribution in [1.29, 1.82) is 0 Å². The number of carbonyl (C=O) groups is 1. The highest BCUT2D eigenvalue weighted by atomic mass is 79.9. The third-order valence-corrected chi connectivity index (χ3v) is 12.0. The molecule has 3 heterocycles. The van der Waals surface area contributed by atoms with Gasteiger partial charge in [0.15, 0.2) is 5.82 Å². The number of benzene rings is 3. The predicted molar refractivity (Wildman–Crippen MR) is 208 cm³/mol. The molecule has 1 fully saturated rings. The second-order valence-corrected chi connectivity index (χ2v) is 16.8. The van der Waals surface area contributed by atoms with E-state index in [0.29, 0.717) is 15.2 Å². The number of hydrogen-bond donors (Lipinski definition) is 2. The van der Waals surface area contributed by atoms with Gasteiger partial charge in [0.05, 0.1) is 38.6 Å². The van der Waals surface area contributed by atoms with Gasteiger partial charge in [-0.3, -0.25) is 23.5 Å². The fourth-order valence-electron chi connectivity index (χ4n) is 7.34. The Balaban J connectivity index is 1.33. The Bertz CT molecular complexity index is 2690. The largest absolute Gasteiger partial charge is 0.344 e. The molecule has 0 bridgehead atoms. The minimum absolute atomic E-state index is 0.0248. The van der Waals surface area contributed by atoms with Crippen LogP contribution in [0.4, 0.5) is 40.9 Å². The molecule has 59 heavy (non-hydrogen) atoms. The molecule has 2 N–H and O–H groups in total. The standard InChI is InChI=1S/C38H30BrClF8N8O2S/c1-16-8-23-31(34(45)46)51-55(33(23)38(16,47)48)15-29(57)49-26(11-17-9-19(41)13-20(42)10-17)36-50-25-12-18(39)2-5-22(25)37(58)56(36)27-7-6-24(40)30-32(27)54(14-28(43)44)52-35(30)53-59-21-3-4-21/h2,5-7,9-10,12-13,16,21,26,28,34H,3-4,8,11,14-15H2,1H3,(H,49,57)(H,52,53). The molecular weight excluding hydrogens is 900 g/mol. The van der Waals surface area contributed by atoms with Gasteiger partial charge < -0.3 is 10.0 Å². The molecule has 0 aliphatic heterocycles. The molecule has 3 aromatic carbocycles. The van der Waals surface area contributed by atoms with E-state index in [2.05, 4.69) is 36.2 Å². The number of amides is 1. The third kappa shape index (κ3) is 7.90. The molecule has 10 nitrogen and oxygen atoms in total. The van der Waals surface area contributed by atoms with E-state index in [9.17, 15) is 35.9 Å². The highest BCUT2D eigenvalue weighted by Gasteiger charge is 2.51. The van der Waals surface area contributed by atoms with Crippen LogP contribution >= 0.6 is 39.5 Å². The van der Waals surface area contributed by atoms with Crippen LogP contribution in [0.15, 0.2) is 57.8 Å². The normalized spacial score (nSPS) is 16.7. The van der Waals surface area contributed by atoms with E-state index in [1.165, 1.54) is 43.1 Å². The van der Waals surface area contributed by atoms with Crippen molar-refractivity contribution in [3.63, 3.8) is 0 Å². The van der Waals surface area contributed by atoms with Gasteiger partial charge in [0.2, 0.25) is 5.91 Å². The van der Waals surface area contributed by atoms with E-state index in [1.54, 1.807) is 6.07 Å². The van der Waals surface area contributed by atoms with Gasteiger partial charge in [0.25, 0.3) is 24.3 Å². The summed E-state index contributed by atoms with van der Waals surface area (Å²) in [4.78, 5) is 33.5. The van der Waals surface area contributed by atoms with Crippen molar-refractivity contribution in [3.8, 4) is 5.69 Å². The molecular formula is C38H30BrClF8N8O2S. The van der Waals surface area contributed by atoms with Crippen molar-refractivity contribution >= 4 is 73.0 Å². The first-order valence-electron chi connectivity index (χ1n) is 18.1. The van der Waals surface area contributed by atoms with E-state index >= 15 is 8.78 Å². The Morgan fingerprint density at radius 3 is 2.44 bits per heavy atom. The summed E-state index contributed by atoms with van der Waals surface area (Å²) in [6, 6.07) is 8.30. The summed E-state index contributed by atoms with van der Waals surface area (Å²) in [5, 5.41) is 11.3. The number of halogens is 10. The van der Waals surface area contributed by atoms with Crippen molar-refractivity contribution in [2.24, 2.45) is 5.92 Å². The lowest BCUT2D eigenvalue weighted by Crippen LogP contribution is -2.38. The Morgan fingerprint density at radius 2 is 1.76 bits per heavy atom. The van der Waals surface area contributed by atoms with Crippen LogP contribution < -0.4 is 15.6 Å². The highest BCUT2D eigenvalue weighted by molar-refractivity contribution is 9.10. The number of nitrogens with zero attached hydrogens (tertiary/aromatic N) is 6. The molecule has 0 spiro atoms. The number of fused-ring (bicyclic) bond motifs is 3. The summed E-state index contributed by atoms with van der Waals surface area (Å²) in [5.74, 6) is -8.18. The van der Waals surface area contributed by atoms with E-state index in [0.717, 1.165) is 34.2 Å². The van der Waals surface area contributed by atoms with E-state index in [4.69, 9.17) is 16.6 Å². The Morgan fingerprint density at radius 1 is 1.03 bits per heavy atom. The number of alkyl halides is 6. The van der Waals surface area contributed by atoms with Crippen LogP contribution in [0.25, 0.3) is 27.5 Å². The Kier molecular flexibility index (Phi) is 10.9. The van der Waals surface area contributed by atoms with Crippen LogP contribution in [0.5, 0.6) is 0 Å². The molecule has 8 rings (SSSR count). The lowest BCUT2D eigenvalue weighted by Gasteiger charge is -2.24. The van der Waals surface area contributed by atoms with Crippen molar-refractivity contribution in [2.45, 2.75) is 75.8 Å². The maximum Gasteiger partial charge on any atom is 0.292 e. The summed E-state index contributed by atoms with van der Waals surface area (Å²) in [6.45, 7) is -0.754. The lowest BCUT2D eigenvalue weighted by atomic mass is 10.0. The van der Waals surface area contributed by atoms with Gasteiger partial charge in [0, 0.05) is 33.7 Å². The summed E-state index contributed by atoms with van der Waals surface area (Å²) >= 11 is 11.4. The molecule has 2 aliphatic carbocycles. The summed E-state index contributed by atoms with van der Waals surface area (Å²) < 4.78 is 123. The van der Waals surface area contributed by atoms with Crippen molar-refractivity contribution < 1.29 is 39.9 Å². The zero-order chi connectivity index (χ0) is 42.1. The van der Waals surface area contributed by atoms with Gasteiger partial charge in [-0.15, -0.1) is 0 Å². The number of carbonyl (C=O) groups excluding carboxylic acids is 1. The third-order valence-electron chi connectivity index (χ3n) is 10.1. The lowest BCUT2D eigenvalue weighted by molar-refractivity contribution is -0.123. The van der Waals surface area contributed by atoms with Gasteiger partial charge >= 0.3 is 0 Å². The first kappa shape index (κ1) is 41.1. The second-order valence-electron chi connectivity index (χ2n) is 14.4. The van der Waals surface area contributed by atoms with Gasteiger partial charge in [-0.05, 0) is 79.2 Å².